The third-order valence-electron chi connectivity index (χ3n) is 3.71. The van der Waals surface area contributed by atoms with Gasteiger partial charge in [0, 0.05) is 15.5 Å². The van der Waals surface area contributed by atoms with Crippen molar-refractivity contribution in [1.29, 1.82) is 0 Å². The van der Waals surface area contributed by atoms with Gasteiger partial charge in [-0.05, 0) is 43.2 Å². The SMILES string of the molecule is CCC(NC(=O)CSc1ccc(C(C)=O)cc1F)c1ccc(Cl)cc1. The Morgan fingerprint density at radius 1 is 1.20 bits per heavy atom. The molecule has 1 N–H and O–H groups in total. The van der Waals surface area contributed by atoms with Gasteiger partial charge in [0.05, 0.1) is 11.8 Å². The molecule has 2 aromatic carbocycles. The first-order valence-corrected chi connectivity index (χ1v) is 9.25. The van der Waals surface area contributed by atoms with Crippen molar-refractivity contribution in [3.8, 4) is 0 Å². The number of carbonyl (C=O) groups is 2. The normalized spacial score (nSPS) is 11.8. The fourth-order valence-corrected chi connectivity index (χ4v) is 3.19. The molecule has 6 heteroatoms. The van der Waals surface area contributed by atoms with E-state index in [1.54, 1.807) is 18.2 Å². The van der Waals surface area contributed by atoms with E-state index in [9.17, 15) is 14.0 Å². The maximum absolute atomic E-state index is 14.0. The topological polar surface area (TPSA) is 46.2 Å². The van der Waals surface area contributed by atoms with Gasteiger partial charge in [-0.1, -0.05) is 36.7 Å². The molecule has 2 rings (SSSR count). The molecule has 0 saturated carbocycles. The summed E-state index contributed by atoms with van der Waals surface area (Å²) in [5.74, 6) is -0.764. The van der Waals surface area contributed by atoms with Crippen molar-refractivity contribution in [1.82, 2.24) is 5.32 Å². The number of hydrogen-bond acceptors (Lipinski definition) is 3. The quantitative estimate of drug-likeness (QED) is 0.541. The van der Waals surface area contributed by atoms with Crippen LogP contribution >= 0.6 is 23.4 Å². The van der Waals surface area contributed by atoms with E-state index in [2.05, 4.69) is 5.32 Å². The molecule has 0 aliphatic heterocycles. The Morgan fingerprint density at radius 3 is 2.44 bits per heavy atom. The highest BCUT2D eigenvalue weighted by Crippen LogP contribution is 2.24. The Hall–Kier alpha value is -1.85. The van der Waals surface area contributed by atoms with E-state index in [1.165, 1.54) is 19.1 Å². The van der Waals surface area contributed by atoms with Crippen LogP contribution in [0.1, 0.15) is 42.2 Å². The van der Waals surface area contributed by atoms with Crippen molar-refractivity contribution in [3.05, 3.63) is 64.4 Å². The van der Waals surface area contributed by atoms with E-state index in [0.717, 1.165) is 23.7 Å². The first-order valence-electron chi connectivity index (χ1n) is 7.88. The Kier molecular flexibility index (Phi) is 7.02. The molecule has 0 aliphatic carbocycles. The number of carbonyl (C=O) groups excluding carboxylic acids is 2. The third-order valence-corrected chi connectivity index (χ3v) is 5.01. The highest BCUT2D eigenvalue weighted by Gasteiger charge is 2.14. The molecule has 0 bridgehead atoms. The van der Waals surface area contributed by atoms with Crippen LogP contribution in [0.5, 0.6) is 0 Å². The zero-order valence-electron chi connectivity index (χ0n) is 14.0. The van der Waals surface area contributed by atoms with Crippen molar-refractivity contribution in [2.45, 2.75) is 31.2 Å². The molecule has 0 aromatic heterocycles. The molecule has 0 spiro atoms. The van der Waals surface area contributed by atoms with Gasteiger partial charge in [-0.15, -0.1) is 11.8 Å². The summed E-state index contributed by atoms with van der Waals surface area (Å²) in [4.78, 5) is 23.8. The lowest BCUT2D eigenvalue weighted by molar-refractivity contribution is -0.119. The molecular formula is C19H19ClFNO2S. The van der Waals surface area contributed by atoms with Gasteiger partial charge in [-0.25, -0.2) is 4.39 Å². The summed E-state index contributed by atoms with van der Waals surface area (Å²) in [5, 5.41) is 3.59. The molecule has 0 aliphatic rings. The maximum atomic E-state index is 14.0. The van der Waals surface area contributed by atoms with Crippen molar-refractivity contribution >= 4 is 35.1 Å². The number of ketones is 1. The third kappa shape index (κ3) is 5.58. The number of Topliss-reactive ketones (excluding diaryl/α,β-unsaturated/α-hetero) is 1. The minimum atomic E-state index is -0.491. The molecule has 1 unspecified atom stereocenters. The number of amides is 1. The van der Waals surface area contributed by atoms with Crippen molar-refractivity contribution in [2.24, 2.45) is 0 Å². The first kappa shape index (κ1) is 19.5. The lowest BCUT2D eigenvalue weighted by Crippen LogP contribution is -2.29. The Bertz CT molecular complexity index is 765. The lowest BCUT2D eigenvalue weighted by atomic mass is 10.0. The predicted molar refractivity (Wildman–Crippen MR) is 99.8 cm³/mol. The van der Waals surface area contributed by atoms with Gasteiger partial charge in [0.25, 0.3) is 0 Å². The molecule has 2 aromatic rings. The van der Waals surface area contributed by atoms with Crippen molar-refractivity contribution in [2.75, 3.05) is 5.75 Å². The fourth-order valence-electron chi connectivity index (χ4n) is 2.33. The van der Waals surface area contributed by atoms with Gasteiger partial charge in [-0.3, -0.25) is 9.59 Å². The second kappa shape index (κ2) is 9.02. The van der Waals surface area contributed by atoms with Gasteiger partial charge < -0.3 is 5.32 Å². The number of benzene rings is 2. The largest absolute Gasteiger partial charge is 0.349 e. The average molecular weight is 380 g/mol. The first-order chi connectivity index (χ1) is 11.9. The minimum absolute atomic E-state index is 0.0976. The number of nitrogens with one attached hydrogen (secondary N) is 1. The second-order valence-electron chi connectivity index (χ2n) is 5.57. The monoisotopic (exact) mass is 379 g/mol. The molecule has 0 heterocycles. The number of thioether (sulfide) groups is 1. The molecule has 1 atom stereocenters. The van der Waals surface area contributed by atoms with Crippen LogP contribution in [0.2, 0.25) is 5.02 Å². The molecule has 0 fully saturated rings. The van der Waals surface area contributed by atoms with Crippen LogP contribution in [-0.2, 0) is 4.79 Å². The number of hydrogen-bond donors (Lipinski definition) is 1. The lowest BCUT2D eigenvalue weighted by Gasteiger charge is -2.17. The van der Waals surface area contributed by atoms with Gasteiger partial charge in [0.1, 0.15) is 5.82 Å². The molecule has 25 heavy (non-hydrogen) atoms. The van der Waals surface area contributed by atoms with E-state index >= 15 is 0 Å². The zero-order chi connectivity index (χ0) is 18.4. The Morgan fingerprint density at radius 2 is 1.88 bits per heavy atom. The van der Waals surface area contributed by atoms with Crippen LogP contribution in [-0.4, -0.2) is 17.4 Å². The van der Waals surface area contributed by atoms with Crippen molar-refractivity contribution in [3.63, 3.8) is 0 Å². The van der Waals surface area contributed by atoms with Gasteiger partial charge >= 0.3 is 0 Å². The molecule has 0 radical (unpaired) electrons. The summed E-state index contributed by atoms with van der Waals surface area (Å²) < 4.78 is 14.0. The summed E-state index contributed by atoms with van der Waals surface area (Å²) in [7, 11) is 0. The Labute approximate surface area is 156 Å². The Balaban J connectivity index is 1.95. The van der Waals surface area contributed by atoms with Gasteiger partial charge in [0.2, 0.25) is 5.91 Å². The standard InChI is InChI=1S/C19H19ClFNO2S/c1-3-17(13-4-7-15(20)8-5-13)22-19(24)11-25-18-9-6-14(12(2)23)10-16(18)21/h4-10,17H,3,11H2,1-2H3,(H,22,24). The second-order valence-corrected chi connectivity index (χ2v) is 7.02. The minimum Gasteiger partial charge on any atom is -0.349 e. The molecule has 132 valence electrons. The smallest absolute Gasteiger partial charge is 0.230 e. The van der Waals surface area contributed by atoms with E-state index < -0.39 is 5.82 Å². The van der Waals surface area contributed by atoms with Crippen LogP contribution in [0.15, 0.2) is 47.4 Å². The molecule has 1 amide bonds. The van der Waals surface area contributed by atoms with E-state index in [1.807, 2.05) is 19.1 Å². The fraction of sp³-hybridized carbons (Fsp3) is 0.263. The number of halogens is 2. The van der Waals surface area contributed by atoms with E-state index in [0.29, 0.717) is 15.5 Å². The summed E-state index contributed by atoms with van der Waals surface area (Å²) in [6.45, 7) is 3.36. The highest BCUT2D eigenvalue weighted by molar-refractivity contribution is 8.00. The van der Waals surface area contributed by atoms with E-state index in [4.69, 9.17) is 11.6 Å². The predicted octanol–water partition coefficient (Wildman–Crippen LogP) is 5.04. The summed E-state index contributed by atoms with van der Waals surface area (Å²) in [5.41, 5.74) is 1.29. The van der Waals surface area contributed by atoms with Gasteiger partial charge in [0.15, 0.2) is 5.78 Å². The molecule has 0 saturated heterocycles. The van der Waals surface area contributed by atoms with Crippen LogP contribution in [0.3, 0.4) is 0 Å². The summed E-state index contributed by atoms with van der Waals surface area (Å²) in [6.07, 6.45) is 0.736. The van der Waals surface area contributed by atoms with Crippen LogP contribution in [0.4, 0.5) is 4.39 Å². The number of rotatable bonds is 7. The molecule has 3 nitrogen and oxygen atoms in total. The molecular weight excluding hydrogens is 361 g/mol. The van der Waals surface area contributed by atoms with Crippen molar-refractivity contribution < 1.29 is 14.0 Å². The van der Waals surface area contributed by atoms with Crippen LogP contribution in [0.25, 0.3) is 0 Å². The van der Waals surface area contributed by atoms with Crippen LogP contribution < -0.4 is 5.32 Å². The highest BCUT2D eigenvalue weighted by atomic mass is 35.5. The zero-order valence-corrected chi connectivity index (χ0v) is 15.6. The summed E-state index contributed by atoms with van der Waals surface area (Å²) >= 11 is 6.99. The maximum Gasteiger partial charge on any atom is 0.230 e. The van der Waals surface area contributed by atoms with E-state index in [-0.39, 0.29) is 23.5 Å². The van der Waals surface area contributed by atoms with Crippen LogP contribution in [0, 0.1) is 5.82 Å². The summed E-state index contributed by atoms with van der Waals surface area (Å²) in [6, 6.07) is 11.5. The van der Waals surface area contributed by atoms with Gasteiger partial charge in [-0.2, -0.15) is 0 Å². The average Bonchev–Trinajstić information content (AvgIpc) is 2.59.